The predicted molar refractivity (Wildman–Crippen MR) is 83.6 cm³/mol. The Labute approximate surface area is 127 Å². The summed E-state index contributed by atoms with van der Waals surface area (Å²) in [5.74, 6) is 1.87. The van der Waals surface area contributed by atoms with E-state index >= 15 is 0 Å². The Morgan fingerprint density at radius 1 is 1.29 bits per heavy atom. The van der Waals surface area contributed by atoms with E-state index in [0.29, 0.717) is 0 Å². The Hall–Kier alpha value is -1.20. The molecule has 5 nitrogen and oxygen atoms in total. The van der Waals surface area contributed by atoms with Gasteiger partial charge < -0.3 is 10.1 Å². The van der Waals surface area contributed by atoms with Crippen molar-refractivity contribution in [3.8, 4) is 0 Å². The average molecular weight is 290 g/mol. The van der Waals surface area contributed by atoms with Crippen LogP contribution < -0.4 is 5.32 Å². The topological polar surface area (TPSA) is 50.3 Å². The standard InChI is InChI=1S/C16H26N4O/c1-3-8-20-9-10-21-14(11-20)16-18-13-7-5-4-6-12(13)15(17-2)19-16/h14H,3-11H2,1-2H3,(H,17,18,19). The van der Waals surface area contributed by atoms with Crippen LogP contribution in [0.5, 0.6) is 0 Å². The van der Waals surface area contributed by atoms with Crippen LogP contribution in [0, 0.1) is 0 Å². The molecule has 1 N–H and O–H groups in total. The molecule has 1 fully saturated rings. The van der Waals surface area contributed by atoms with Crippen molar-refractivity contribution in [1.82, 2.24) is 14.9 Å². The fourth-order valence-corrected chi connectivity index (χ4v) is 3.34. The number of nitrogens with zero attached hydrogens (tertiary/aromatic N) is 3. The SMILES string of the molecule is CCCN1CCOC(c2nc3c(c(NC)n2)CCCC3)C1. The van der Waals surface area contributed by atoms with E-state index in [9.17, 15) is 0 Å². The van der Waals surface area contributed by atoms with E-state index < -0.39 is 0 Å². The summed E-state index contributed by atoms with van der Waals surface area (Å²) < 4.78 is 5.94. The normalized spacial score (nSPS) is 22.9. The van der Waals surface area contributed by atoms with Crippen molar-refractivity contribution in [2.24, 2.45) is 0 Å². The van der Waals surface area contributed by atoms with Gasteiger partial charge in [0.25, 0.3) is 0 Å². The number of anilines is 1. The zero-order valence-electron chi connectivity index (χ0n) is 13.2. The zero-order chi connectivity index (χ0) is 14.7. The summed E-state index contributed by atoms with van der Waals surface area (Å²) in [6, 6.07) is 0. The Morgan fingerprint density at radius 3 is 2.95 bits per heavy atom. The minimum atomic E-state index is 0.0182. The molecule has 2 heterocycles. The van der Waals surface area contributed by atoms with E-state index in [1.807, 2.05) is 7.05 Å². The Balaban J connectivity index is 1.84. The second kappa shape index (κ2) is 6.71. The van der Waals surface area contributed by atoms with Crippen LogP contribution in [0.2, 0.25) is 0 Å². The molecule has 0 radical (unpaired) electrons. The van der Waals surface area contributed by atoms with Gasteiger partial charge in [-0.15, -0.1) is 0 Å². The first-order valence-corrected chi connectivity index (χ1v) is 8.23. The van der Waals surface area contributed by atoms with Crippen LogP contribution in [0.15, 0.2) is 0 Å². The summed E-state index contributed by atoms with van der Waals surface area (Å²) >= 11 is 0. The summed E-state index contributed by atoms with van der Waals surface area (Å²) in [4.78, 5) is 12.0. The minimum absolute atomic E-state index is 0.0182. The van der Waals surface area contributed by atoms with Gasteiger partial charge in [-0.1, -0.05) is 6.92 Å². The van der Waals surface area contributed by atoms with Gasteiger partial charge in [0.05, 0.1) is 6.61 Å². The van der Waals surface area contributed by atoms with Gasteiger partial charge in [0.15, 0.2) is 5.82 Å². The molecule has 1 saturated heterocycles. The number of hydrogen-bond acceptors (Lipinski definition) is 5. The van der Waals surface area contributed by atoms with E-state index in [0.717, 1.165) is 50.7 Å². The molecule has 5 heteroatoms. The quantitative estimate of drug-likeness (QED) is 0.921. The number of ether oxygens (including phenoxy) is 1. The molecule has 21 heavy (non-hydrogen) atoms. The molecule has 0 saturated carbocycles. The highest BCUT2D eigenvalue weighted by atomic mass is 16.5. The van der Waals surface area contributed by atoms with Gasteiger partial charge in [-0.25, -0.2) is 9.97 Å². The lowest BCUT2D eigenvalue weighted by Gasteiger charge is -2.32. The van der Waals surface area contributed by atoms with E-state index in [-0.39, 0.29) is 6.10 Å². The predicted octanol–water partition coefficient (Wildman–Crippen LogP) is 2.18. The second-order valence-electron chi connectivity index (χ2n) is 5.97. The molecular weight excluding hydrogens is 264 g/mol. The van der Waals surface area contributed by atoms with Gasteiger partial charge in [-0.3, -0.25) is 4.90 Å². The highest BCUT2D eigenvalue weighted by molar-refractivity contribution is 5.47. The van der Waals surface area contributed by atoms with Crippen molar-refractivity contribution >= 4 is 5.82 Å². The van der Waals surface area contributed by atoms with Crippen molar-refractivity contribution in [1.29, 1.82) is 0 Å². The third-order valence-corrected chi connectivity index (χ3v) is 4.42. The molecule has 1 aliphatic carbocycles. The van der Waals surface area contributed by atoms with Gasteiger partial charge in [0.1, 0.15) is 11.9 Å². The second-order valence-corrected chi connectivity index (χ2v) is 5.97. The fourth-order valence-electron chi connectivity index (χ4n) is 3.34. The van der Waals surface area contributed by atoms with Crippen molar-refractivity contribution in [2.45, 2.75) is 45.1 Å². The number of hydrogen-bond donors (Lipinski definition) is 1. The first kappa shape index (κ1) is 14.7. The largest absolute Gasteiger partial charge is 0.373 e. The van der Waals surface area contributed by atoms with Crippen LogP contribution in [0.3, 0.4) is 0 Å². The molecule has 3 rings (SSSR count). The van der Waals surface area contributed by atoms with Gasteiger partial charge in [0, 0.05) is 31.4 Å². The maximum atomic E-state index is 5.94. The molecule has 1 aromatic heterocycles. The van der Waals surface area contributed by atoms with Crippen LogP contribution in [-0.2, 0) is 17.6 Å². The van der Waals surface area contributed by atoms with Crippen molar-refractivity contribution in [3.05, 3.63) is 17.1 Å². The van der Waals surface area contributed by atoms with E-state index in [2.05, 4.69) is 17.1 Å². The minimum Gasteiger partial charge on any atom is -0.373 e. The lowest BCUT2D eigenvalue weighted by atomic mass is 9.96. The highest BCUT2D eigenvalue weighted by Crippen LogP contribution is 2.28. The third kappa shape index (κ3) is 3.19. The smallest absolute Gasteiger partial charge is 0.161 e. The lowest BCUT2D eigenvalue weighted by molar-refractivity contribution is -0.0342. The molecule has 1 unspecified atom stereocenters. The molecule has 0 amide bonds. The number of morpholine rings is 1. The number of aryl methyl sites for hydroxylation is 1. The summed E-state index contributed by atoms with van der Waals surface area (Å²) in [7, 11) is 1.95. The Morgan fingerprint density at radius 2 is 2.14 bits per heavy atom. The molecule has 0 bridgehead atoms. The van der Waals surface area contributed by atoms with Gasteiger partial charge in [-0.2, -0.15) is 0 Å². The number of nitrogens with one attached hydrogen (secondary N) is 1. The van der Waals surface area contributed by atoms with Gasteiger partial charge in [0.2, 0.25) is 0 Å². The zero-order valence-corrected chi connectivity index (χ0v) is 13.2. The van der Waals surface area contributed by atoms with E-state index in [1.54, 1.807) is 0 Å². The van der Waals surface area contributed by atoms with E-state index in [1.165, 1.54) is 30.5 Å². The summed E-state index contributed by atoms with van der Waals surface area (Å²) in [6.45, 7) is 6.06. The van der Waals surface area contributed by atoms with Crippen molar-refractivity contribution in [2.75, 3.05) is 38.6 Å². The monoisotopic (exact) mass is 290 g/mol. The van der Waals surface area contributed by atoms with Crippen molar-refractivity contribution in [3.63, 3.8) is 0 Å². The Bertz CT molecular complexity index is 472. The van der Waals surface area contributed by atoms with Crippen molar-refractivity contribution < 1.29 is 4.74 Å². The molecule has 2 aliphatic rings. The molecular formula is C16H26N4O. The summed E-state index contributed by atoms with van der Waals surface area (Å²) in [5, 5.41) is 3.25. The fraction of sp³-hybridized carbons (Fsp3) is 0.750. The Kier molecular flexibility index (Phi) is 4.70. The molecule has 1 aliphatic heterocycles. The van der Waals surface area contributed by atoms with Crippen LogP contribution in [-0.4, -0.2) is 48.2 Å². The lowest BCUT2D eigenvalue weighted by Crippen LogP contribution is -2.39. The maximum absolute atomic E-state index is 5.94. The maximum Gasteiger partial charge on any atom is 0.161 e. The van der Waals surface area contributed by atoms with Crippen LogP contribution in [0.4, 0.5) is 5.82 Å². The first-order chi connectivity index (χ1) is 10.3. The molecule has 0 aromatic carbocycles. The van der Waals surface area contributed by atoms with Crippen LogP contribution >= 0.6 is 0 Å². The first-order valence-electron chi connectivity index (χ1n) is 8.23. The van der Waals surface area contributed by atoms with Crippen LogP contribution in [0.1, 0.15) is 49.4 Å². The third-order valence-electron chi connectivity index (χ3n) is 4.42. The van der Waals surface area contributed by atoms with Crippen LogP contribution in [0.25, 0.3) is 0 Å². The summed E-state index contributed by atoms with van der Waals surface area (Å²) in [5.41, 5.74) is 2.54. The number of aromatic nitrogens is 2. The van der Waals surface area contributed by atoms with Gasteiger partial charge in [-0.05, 0) is 38.6 Å². The highest BCUT2D eigenvalue weighted by Gasteiger charge is 2.26. The molecule has 0 spiro atoms. The van der Waals surface area contributed by atoms with Gasteiger partial charge >= 0.3 is 0 Å². The number of rotatable bonds is 4. The number of fused-ring (bicyclic) bond motifs is 1. The van der Waals surface area contributed by atoms with E-state index in [4.69, 9.17) is 14.7 Å². The average Bonchev–Trinajstić information content (AvgIpc) is 2.54. The molecule has 1 aromatic rings. The summed E-state index contributed by atoms with van der Waals surface area (Å²) in [6.07, 6.45) is 5.85. The molecule has 1 atom stereocenters. The molecule has 116 valence electrons.